The van der Waals surface area contributed by atoms with Crippen LogP contribution in [-0.2, 0) is 11.4 Å². The Kier molecular flexibility index (Phi) is 9.27. The molecule has 2 saturated heterocycles. The lowest BCUT2D eigenvalue weighted by atomic mass is 10.0. The number of aromatic nitrogens is 6. The van der Waals surface area contributed by atoms with Crippen LogP contribution in [0, 0.1) is 0 Å². The summed E-state index contributed by atoms with van der Waals surface area (Å²) in [5, 5.41) is 13.4. The van der Waals surface area contributed by atoms with E-state index in [0.717, 1.165) is 56.3 Å². The second-order valence-electron chi connectivity index (χ2n) is 12.6. The summed E-state index contributed by atoms with van der Waals surface area (Å²) in [6.07, 6.45) is 5.95. The van der Waals surface area contributed by atoms with Crippen molar-refractivity contribution in [1.82, 2.24) is 34.2 Å². The zero-order chi connectivity index (χ0) is 33.1. The minimum atomic E-state index is -0.265. The summed E-state index contributed by atoms with van der Waals surface area (Å²) in [6.45, 7) is 9.99. The molecule has 0 bridgehead atoms. The fourth-order valence-electron chi connectivity index (χ4n) is 6.65. The van der Waals surface area contributed by atoms with E-state index >= 15 is 0 Å². The zero-order valence-electron chi connectivity index (χ0n) is 27.8. The predicted molar refractivity (Wildman–Crippen MR) is 191 cm³/mol. The fourth-order valence-corrected chi connectivity index (χ4v) is 8.36. The van der Waals surface area contributed by atoms with E-state index in [4.69, 9.17) is 4.74 Å². The molecule has 0 radical (unpaired) electrons. The van der Waals surface area contributed by atoms with Gasteiger partial charge in [0.05, 0.1) is 35.9 Å². The first kappa shape index (κ1) is 32.0. The normalized spacial score (nSPS) is 20.7. The van der Waals surface area contributed by atoms with Crippen LogP contribution in [-0.4, -0.2) is 85.9 Å². The van der Waals surface area contributed by atoms with Crippen molar-refractivity contribution >= 4 is 23.1 Å². The van der Waals surface area contributed by atoms with Crippen LogP contribution in [0.15, 0.2) is 102 Å². The van der Waals surface area contributed by atoms with Gasteiger partial charge in [-0.05, 0) is 74.5 Å². The van der Waals surface area contributed by atoms with Gasteiger partial charge in [-0.25, -0.2) is 14.0 Å². The Morgan fingerprint density at radius 1 is 0.854 bits per heavy atom. The molecule has 48 heavy (non-hydrogen) atoms. The van der Waals surface area contributed by atoms with E-state index in [-0.39, 0.29) is 16.6 Å². The summed E-state index contributed by atoms with van der Waals surface area (Å²) in [7, 11) is 2.18. The van der Waals surface area contributed by atoms with E-state index in [9.17, 15) is 4.79 Å². The van der Waals surface area contributed by atoms with Crippen LogP contribution in [0.25, 0.3) is 5.69 Å². The summed E-state index contributed by atoms with van der Waals surface area (Å²) in [4.78, 5) is 21.6. The zero-order valence-corrected chi connectivity index (χ0v) is 28.6. The Balaban J connectivity index is 0.926. The highest BCUT2D eigenvalue weighted by Gasteiger charge is 2.47. The third kappa shape index (κ3) is 6.46. The van der Waals surface area contributed by atoms with Gasteiger partial charge in [-0.1, -0.05) is 37.3 Å². The van der Waals surface area contributed by atoms with Gasteiger partial charge < -0.3 is 14.5 Å². The molecule has 3 aromatic carbocycles. The highest BCUT2D eigenvalue weighted by molar-refractivity contribution is 8.01. The van der Waals surface area contributed by atoms with Gasteiger partial charge in [0.25, 0.3) is 0 Å². The van der Waals surface area contributed by atoms with Crippen molar-refractivity contribution < 1.29 is 4.74 Å². The van der Waals surface area contributed by atoms with Crippen LogP contribution in [0.1, 0.15) is 31.9 Å². The first-order valence-electron chi connectivity index (χ1n) is 16.7. The maximum atomic E-state index is 12.8. The molecule has 0 amide bonds. The molecule has 250 valence electrons. The van der Waals surface area contributed by atoms with E-state index in [2.05, 4.69) is 111 Å². The number of hydrogen-bond acceptors (Lipinski definition) is 9. The number of hydrogen-bond donors (Lipinski definition) is 0. The van der Waals surface area contributed by atoms with Crippen molar-refractivity contribution in [1.29, 1.82) is 0 Å². The van der Waals surface area contributed by atoms with Crippen LogP contribution < -0.4 is 20.2 Å². The van der Waals surface area contributed by atoms with Crippen LogP contribution >= 0.6 is 11.8 Å². The van der Waals surface area contributed by atoms with Crippen LogP contribution in [0.3, 0.4) is 0 Å². The lowest BCUT2D eigenvalue weighted by Crippen LogP contribution is -2.46. The maximum absolute atomic E-state index is 12.8. The van der Waals surface area contributed by atoms with Crippen molar-refractivity contribution in [3.63, 3.8) is 0 Å². The predicted octanol–water partition coefficient (Wildman–Crippen LogP) is 4.90. The first-order chi connectivity index (χ1) is 23.4. The number of thioether (sulfide) groups is 1. The molecule has 12 heteroatoms. The third-order valence-corrected chi connectivity index (χ3v) is 11.3. The molecule has 3 atom stereocenters. The topological polar surface area (TPSA) is 89.5 Å². The fraction of sp³-hybridized carbons (Fsp3) is 0.389. The quantitative estimate of drug-likeness (QED) is 0.196. The molecule has 5 aromatic rings. The SMILES string of the molecule is CCC(C)n1ncn(-c2ccc(N3CCN(c4ccc(OC[C@@H]5CN(C)[C@@](Cn6nccn6)(c6ccccc6)S5)cc4)CC3)cc2)c1=O. The van der Waals surface area contributed by atoms with Gasteiger partial charge >= 0.3 is 5.69 Å². The van der Waals surface area contributed by atoms with E-state index < -0.39 is 0 Å². The monoisotopic (exact) mass is 665 g/mol. The van der Waals surface area contributed by atoms with Gasteiger partial charge in [0.2, 0.25) is 0 Å². The molecule has 2 aliphatic heterocycles. The smallest absolute Gasteiger partial charge is 0.350 e. The minimum absolute atomic E-state index is 0.0783. The van der Waals surface area contributed by atoms with Gasteiger partial charge in [-0.15, -0.1) is 11.8 Å². The summed E-state index contributed by atoms with van der Waals surface area (Å²) in [6, 6.07) is 27.5. The molecule has 7 rings (SSSR count). The largest absolute Gasteiger partial charge is 0.492 e. The standard InChI is InChI=1S/C36H43N9O2S/c1-4-28(2)45-35(46)43(27-39-45)32-12-10-30(11-13-32)41-20-22-42(23-21-41)31-14-16-33(17-15-31)47-25-34-24-40(3)36(48-34,26-44-37-18-19-38-44)29-8-6-5-7-9-29/h5-19,27-28,34H,4,20-26H2,1-3H3/t28?,34-,36+/m0/s1. The van der Waals surface area contributed by atoms with Crippen LogP contribution in [0.5, 0.6) is 5.75 Å². The van der Waals surface area contributed by atoms with Gasteiger partial charge in [-0.3, -0.25) is 4.90 Å². The van der Waals surface area contributed by atoms with Gasteiger partial charge in [-0.2, -0.15) is 20.1 Å². The average Bonchev–Trinajstić information content (AvgIpc) is 3.87. The highest BCUT2D eigenvalue weighted by Crippen LogP contribution is 2.48. The molecular formula is C36H43N9O2S. The number of nitrogens with zero attached hydrogens (tertiary/aromatic N) is 9. The van der Waals surface area contributed by atoms with Crippen molar-refractivity contribution in [2.24, 2.45) is 0 Å². The summed E-state index contributed by atoms with van der Waals surface area (Å²) < 4.78 is 9.52. The minimum Gasteiger partial charge on any atom is -0.492 e. The lowest BCUT2D eigenvalue weighted by Gasteiger charge is -2.37. The first-order valence-corrected chi connectivity index (χ1v) is 17.6. The lowest BCUT2D eigenvalue weighted by molar-refractivity contribution is 0.188. The van der Waals surface area contributed by atoms with Crippen LogP contribution in [0.4, 0.5) is 11.4 Å². The molecule has 0 aliphatic carbocycles. The van der Waals surface area contributed by atoms with E-state index in [1.165, 1.54) is 11.3 Å². The van der Waals surface area contributed by atoms with Gasteiger partial charge in [0, 0.05) is 44.1 Å². The van der Waals surface area contributed by atoms with Crippen molar-refractivity contribution in [3.05, 3.63) is 114 Å². The second kappa shape index (κ2) is 13.9. The number of likely N-dealkylation sites (N-methyl/N-ethyl adjacent to an activating group) is 1. The van der Waals surface area contributed by atoms with Gasteiger partial charge in [0.15, 0.2) is 0 Å². The number of anilines is 2. The Bertz CT molecular complexity index is 1820. The average molecular weight is 666 g/mol. The molecular weight excluding hydrogens is 623 g/mol. The summed E-state index contributed by atoms with van der Waals surface area (Å²) >= 11 is 1.93. The third-order valence-electron chi connectivity index (χ3n) is 9.62. The Labute approximate surface area is 285 Å². The van der Waals surface area contributed by atoms with Crippen molar-refractivity contribution in [2.75, 3.05) is 56.2 Å². The number of piperazine rings is 1. The summed E-state index contributed by atoms with van der Waals surface area (Å²) in [5.74, 6) is 0.889. The molecule has 2 aliphatic rings. The Hall–Kier alpha value is -4.55. The highest BCUT2D eigenvalue weighted by atomic mass is 32.2. The molecule has 11 nitrogen and oxygen atoms in total. The molecule has 0 spiro atoms. The molecule has 2 aromatic heterocycles. The van der Waals surface area contributed by atoms with Crippen molar-refractivity contribution in [2.45, 2.75) is 43.0 Å². The molecule has 4 heterocycles. The number of ether oxygens (including phenoxy) is 1. The van der Waals surface area contributed by atoms with Crippen LogP contribution in [0.2, 0.25) is 0 Å². The molecule has 1 unspecified atom stereocenters. The number of benzene rings is 3. The Morgan fingerprint density at radius 2 is 1.46 bits per heavy atom. The maximum Gasteiger partial charge on any atom is 0.350 e. The van der Waals surface area contributed by atoms with E-state index in [1.807, 2.05) is 30.8 Å². The number of rotatable bonds is 11. The molecule has 2 fully saturated rings. The van der Waals surface area contributed by atoms with E-state index in [1.54, 1.807) is 32.8 Å². The van der Waals surface area contributed by atoms with Crippen molar-refractivity contribution in [3.8, 4) is 11.4 Å². The van der Waals surface area contributed by atoms with E-state index in [0.29, 0.717) is 18.4 Å². The molecule has 0 saturated carbocycles. The summed E-state index contributed by atoms with van der Waals surface area (Å²) in [5.41, 5.74) is 4.36. The Morgan fingerprint density at radius 3 is 2.08 bits per heavy atom. The van der Waals surface area contributed by atoms with Gasteiger partial charge in [0.1, 0.15) is 23.6 Å². The second-order valence-corrected chi connectivity index (χ2v) is 14.2. The molecule has 0 N–H and O–H groups in total.